The standard InChI is InChI=1S/C10H14O2/c1-6(2)9-8(11)5-4-7(3)10(9)12/h7H,4-5H2,1-3H3. The Morgan fingerprint density at radius 3 is 2.33 bits per heavy atom. The molecular weight excluding hydrogens is 152 g/mol. The highest BCUT2D eigenvalue weighted by molar-refractivity contribution is 6.22. The van der Waals surface area contributed by atoms with Gasteiger partial charge in [-0.05, 0) is 20.3 Å². The highest BCUT2D eigenvalue weighted by Crippen LogP contribution is 2.24. The Hall–Kier alpha value is -0.920. The molecule has 0 aromatic rings. The lowest BCUT2D eigenvalue weighted by atomic mass is 9.83. The average molecular weight is 166 g/mol. The first-order chi connectivity index (χ1) is 5.54. The van der Waals surface area contributed by atoms with Crippen molar-refractivity contribution < 1.29 is 9.59 Å². The maximum Gasteiger partial charge on any atom is 0.169 e. The smallest absolute Gasteiger partial charge is 0.169 e. The van der Waals surface area contributed by atoms with Crippen LogP contribution >= 0.6 is 0 Å². The third-order valence-corrected chi connectivity index (χ3v) is 2.28. The van der Waals surface area contributed by atoms with Crippen LogP contribution in [0.1, 0.15) is 33.6 Å². The van der Waals surface area contributed by atoms with E-state index in [1.54, 1.807) is 0 Å². The fourth-order valence-electron chi connectivity index (χ4n) is 1.51. The zero-order valence-corrected chi connectivity index (χ0v) is 7.81. The molecule has 0 aliphatic heterocycles. The molecule has 0 aromatic heterocycles. The monoisotopic (exact) mass is 166 g/mol. The lowest BCUT2D eigenvalue weighted by Crippen LogP contribution is -2.26. The quantitative estimate of drug-likeness (QED) is 0.407. The van der Waals surface area contributed by atoms with E-state index in [9.17, 15) is 9.59 Å². The van der Waals surface area contributed by atoms with Crippen LogP contribution in [0.5, 0.6) is 0 Å². The van der Waals surface area contributed by atoms with Gasteiger partial charge in [0.1, 0.15) is 0 Å². The maximum atomic E-state index is 11.5. The van der Waals surface area contributed by atoms with Gasteiger partial charge in [0.15, 0.2) is 11.6 Å². The summed E-state index contributed by atoms with van der Waals surface area (Å²) in [5.74, 6) is 0.0944. The summed E-state index contributed by atoms with van der Waals surface area (Å²) in [6, 6.07) is 0. The van der Waals surface area contributed by atoms with E-state index in [4.69, 9.17) is 0 Å². The SMILES string of the molecule is CC(C)=C1C(=O)CCC(C)C1=O. The molecule has 0 radical (unpaired) electrons. The van der Waals surface area contributed by atoms with Gasteiger partial charge in [-0.1, -0.05) is 12.5 Å². The molecule has 1 atom stereocenters. The number of carbonyl (C=O) groups is 2. The van der Waals surface area contributed by atoms with Crippen molar-refractivity contribution in [1.29, 1.82) is 0 Å². The van der Waals surface area contributed by atoms with Crippen molar-refractivity contribution in [2.45, 2.75) is 33.6 Å². The molecule has 1 saturated carbocycles. The van der Waals surface area contributed by atoms with Crippen molar-refractivity contribution in [2.75, 3.05) is 0 Å². The van der Waals surface area contributed by atoms with Gasteiger partial charge < -0.3 is 0 Å². The summed E-state index contributed by atoms with van der Waals surface area (Å²) in [6.07, 6.45) is 1.25. The molecular formula is C10H14O2. The number of hydrogen-bond donors (Lipinski definition) is 0. The number of Topliss-reactive ketones (excluding diaryl/α,β-unsaturated/α-hetero) is 2. The number of rotatable bonds is 0. The van der Waals surface area contributed by atoms with E-state index in [0.717, 1.165) is 5.57 Å². The Balaban J connectivity index is 3.03. The summed E-state index contributed by atoms with van der Waals surface area (Å²) in [7, 11) is 0. The van der Waals surface area contributed by atoms with E-state index < -0.39 is 0 Å². The number of carbonyl (C=O) groups excluding carboxylic acids is 2. The van der Waals surface area contributed by atoms with Crippen LogP contribution in [0.25, 0.3) is 0 Å². The van der Waals surface area contributed by atoms with Crippen LogP contribution in [0.3, 0.4) is 0 Å². The van der Waals surface area contributed by atoms with Crippen molar-refractivity contribution >= 4 is 11.6 Å². The second-order valence-electron chi connectivity index (χ2n) is 3.60. The first-order valence-electron chi connectivity index (χ1n) is 4.29. The molecule has 1 fully saturated rings. The Labute approximate surface area is 72.7 Å². The van der Waals surface area contributed by atoms with Crippen LogP contribution in [0.4, 0.5) is 0 Å². The second kappa shape index (κ2) is 3.21. The average Bonchev–Trinajstić information content (AvgIpc) is 1.97. The third kappa shape index (κ3) is 1.47. The van der Waals surface area contributed by atoms with Gasteiger partial charge in [-0.15, -0.1) is 0 Å². The van der Waals surface area contributed by atoms with Crippen LogP contribution in [-0.4, -0.2) is 11.6 Å². The number of allylic oxidation sites excluding steroid dienone is 2. The van der Waals surface area contributed by atoms with E-state index >= 15 is 0 Å². The van der Waals surface area contributed by atoms with Gasteiger partial charge in [-0.2, -0.15) is 0 Å². The molecule has 2 nitrogen and oxygen atoms in total. The fourth-order valence-corrected chi connectivity index (χ4v) is 1.51. The molecule has 0 aromatic carbocycles. The molecule has 1 unspecified atom stereocenters. The number of ketones is 2. The van der Waals surface area contributed by atoms with Crippen LogP contribution < -0.4 is 0 Å². The first kappa shape index (κ1) is 9.17. The second-order valence-corrected chi connectivity index (χ2v) is 3.60. The molecule has 0 amide bonds. The molecule has 1 aliphatic rings. The molecule has 0 N–H and O–H groups in total. The summed E-state index contributed by atoms with van der Waals surface area (Å²) in [5.41, 5.74) is 1.31. The predicted octanol–water partition coefficient (Wildman–Crippen LogP) is 1.89. The minimum atomic E-state index is 0.0260. The minimum Gasteiger partial charge on any atom is -0.294 e. The van der Waals surface area contributed by atoms with Crippen molar-refractivity contribution in [3.05, 3.63) is 11.1 Å². The van der Waals surface area contributed by atoms with E-state index in [1.165, 1.54) is 0 Å². The van der Waals surface area contributed by atoms with Crippen molar-refractivity contribution in [1.82, 2.24) is 0 Å². The first-order valence-corrected chi connectivity index (χ1v) is 4.29. The van der Waals surface area contributed by atoms with Gasteiger partial charge in [0.25, 0.3) is 0 Å². The molecule has 0 heterocycles. The number of hydrogen-bond acceptors (Lipinski definition) is 2. The summed E-state index contributed by atoms with van der Waals surface area (Å²) in [6.45, 7) is 5.53. The zero-order chi connectivity index (χ0) is 9.30. The highest BCUT2D eigenvalue weighted by Gasteiger charge is 2.29. The topological polar surface area (TPSA) is 34.1 Å². The molecule has 0 bridgehead atoms. The highest BCUT2D eigenvalue weighted by atomic mass is 16.2. The summed E-state index contributed by atoms with van der Waals surface area (Å²) in [5, 5.41) is 0. The van der Waals surface area contributed by atoms with Gasteiger partial charge in [0.2, 0.25) is 0 Å². The van der Waals surface area contributed by atoms with Crippen LogP contribution in [0, 0.1) is 5.92 Å². The van der Waals surface area contributed by atoms with E-state index in [-0.39, 0.29) is 17.5 Å². The van der Waals surface area contributed by atoms with Gasteiger partial charge in [-0.3, -0.25) is 9.59 Å². The normalized spacial score (nSPS) is 24.6. The van der Waals surface area contributed by atoms with Crippen LogP contribution in [-0.2, 0) is 9.59 Å². The summed E-state index contributed by atoms with van der Waals surface area (Å²) >= 11 is 0. The van der Waals surface area contributed by atoms with E-state index in [2.05, 4.69) is 0 Å². The molecule has 0 saturated heterocycles. The summed E-state index contributed by atoms with van der Waals surface area (Å²) < 4.78 is 0. The Morgan fingerprint density at radius 1 is 1.33 bits per heavy atom. The van der Waals surface area contributed by atoms with Gasteiger partial charge in [0, 0.05) is 12.3 Å². The van der Waals surface area contributed by atoms with Crippen molar-refractivity contribution in [2.24, 2.45) is 5.92 Å². The van der Waals surface area contributed by atoms with Crippen LogP contribution in [0.15, 0.2) is 11.1 Å². The predicted molar refractivity (Wildman–Crippen MR) is 46.8 cm³/mol. The Kier molecular flexibility index (Phi) is 2.46. The fraction of sp³-hybridized carbons (Fsp3) is 0.600. The largest absolute Gasteiger partial charge is 0.294 e. The van der Waals surface area contributed by atoms with Crippen molar-refractivity contribution in [3.63, 3.8) is 0 Å². The Bertz CT molecular complexity index is 257. The van der Waals surface area contributed by atoms with Crippen molar-refractivity contribution in [3.8, 4) is 0 Å². The third-order valence-electron chi connectivity index (χ3n) is 2.28. The van der Waals surface area contributed by atoms with Gasteiger partial charge in [0.05, 0.1) is 5.57 Å². The lowest BCUT2D eigenvalue weighted by Gasteiger charge is -2.19. The van der Waals surface area contributed by atoms with Crippen LogP contribution in [0.2, 0.25) is 0 Å². The maximum absolute atomic E-state index is 11.5. The van der Waals surface area contributed by atoms with Gasteiger partial charge >= 0.3 is 0 Å². The van der Waals surface area contributed by atoms with E-state index in [1.807, 2.05) is 20.8 Å². The molecule has 1 aliphatic carbocycles. The Morgan fingerprint density at radius 2 is 1.92 bits per heavy atom. The molecule has 1 rings (SSSR count). The lowest BCUT2D eigenvalue weighted by molar-refractivity contribution is -0.126. The molecule has 0 spiro atoms. The molecule has 12 heavy (non-hydrogen) atoms. The molecule has 66 valence electrons. The van der Waals surface area contributed by atoms with E-state index in [0.29, 0.717) is 18.4 Å². The van der Waals surface area contributed by atoms with Gasteiger partial charge in [-0.25, -0.2) is 0 Å². The zero-order valence-electron chi connectivity index (χ0n) is 7.81. The summed E-state index contributed by atoms with van der Waals surface area (Å²) in [4.78, 5) is 22.8. The molecule has 2 heteroatoms. The minimum absolute atomic E-state index is 0.0260.